The molecule has 0 aromatic heterocycles. The Morgan fingerprint density at radius 2 is 1.10 bits per heavy atom. The molecule has 11 heteroatoms. The van der Waals surface area contributed by atoms with E-state index < -0.39 is 18.3 Å². The van der Waals surface area contributed by atoms with Gasteiger partial charge in [0, 0.05) is 11.1 Å². The van der Waals surface area contributed by atoms with Crippen LogP contribution in [0.1, 0.15) is 27.6 Å². The van der Waals surface area contributed by atoms with E-state index in [1.807, 2.05) is 0 Å². The summed E-state index contributed by atoms with van der Waals surface area (Å²) in [6.07, 6.45) is 0. The summed E-state index contributed by atoms with van der Waals surface area (Å²) in [5.74, 6) is 0.987. The summed E-state index contributed by atoms with van der Waals surface area (Å²) < 4.78 is 39.1. The fraction of sp³-hybridized carbons (Fsp3) is 0.300. The lowest BCUT2D eigenvalue weighted by Gasteiger charge is -2.17. The van der Waals surface area contributed by atoms with E-state index in [2.05, 4.69) is 0 Å². The van der Waals surface area contributed by atoms with Crippen molar-refractivity contribution in [2.75, 3.05) is 33.0 Å². The number of ether oxygens (including phenoxy) is 2. The highest BCUT2D eigenvalue weighted by molar-refractivity contribution is 7.48. The topological polar surface area (TPSA) is 97.4 Å². The second-order valence-corrected chi connectivity index (χ2v) is 8.18. The van der Waals surface area contributed by atoms with E-state index >= 15 is 0 Å². The van der Waals surface area contributed by atoms with Crippen molar-refractivity contribution in [3.8, 4) is 11.5 Å². The van der Waals surface area contributed by atoms with Gasteiger partial charge in [0.25, 0.3) is 10.5 Å². The van der Waals surface area contributed by atoms with Crippen molar-refractivity contribution in [3.05, 3.63) is 59.7 Å². The van der Waals surface area contributed by atoms with E-state index in [-0.39, 0.29) is 33.0 Å². The molecule has 0 amide bonds. The molecule has 0 radical (unpaired) electrons. The van der Waals surface area contributed by atoms with Crippen molar-refractivity contribution in [1.82, 2.24) is 0 Å². The molecule has 0 bridgehead atoms. The quantitative estimate of drug-likeness (QED) is 0.205. The third-order valence-corrected chi connectivity index (χ3v) is 5.66. The first-order valence-corrected chi connectivity index (χ1v) is 11.4. The smallest absolute Gasteiger partial charge is 0.475 e. The van der Waals surface area contributed by atoms with Gasteiger partial charge in [-0.3, -0.25) is 23.2 Å². The van der Waals surface area contributed by atoms with Gasteiger partial charge in [-0.15, -0.1) is 0 Å². The van der Waals surface area contributed by atoms with Crippen LogP contribution in [0.3, 0.4) is 0 Å². The van der Waals surface area contributed by atoms with Gasteiger partial charge in [-0.2, -0.15) is 0 Å². The number of phosphoric acid groups is 1. The van der Waals surface area contributed by atoms with Crippen LogP contribution in [0.2, 0.25) is 0 Å². The first kappa shape index (κ1) is 25.3. The molecule has 0 aliphatic rings. The molecule has 0 atom stereocenters. The SMILES string of the molecule is CCOP(=O)(OCCOc1ccc(C(=O)Cl)cc1)OCCOc1ccc(C(=O)Cl)cc1. The molecule has 0 N–H and O–H groups in total. The van der Waals surface area contributed by atoms with Crippen molar-refractivity contribution in [2.24, 2.45) is 0 Å². The third-order valence-electron chi connectivity index (χ3n) is 3.65. The summed E-state index contributed by atoms with van der Waals surface area (Å²) in [5.41, 5.74) is 0.704. The second-order valence-electron chi connectivity index (χ2n) is 5.82. The molecule has 0 unspecified atom stereocenters. The zero-order valence-electron chi connectivity index (χ0n) is 16.6. The minimum absolute atomic E-state index is 0.0533. The van der Waals surface area contributed by atoms with Crippen LogP contribution in [0, 0.1) is 0 Å². The fourth-order valence-corrected chi connectivity index (χ4v) is 3.64. The Bertz CT molecular complexity index is 833. The zero-order chi connectivity index (χ0) is 22.7. The van der Waals surface area contributed by atoms with E-state index in [0.717, 1.165) is 0 Å². The molecular weight excluding hydrogens is 470 g/mol. The zero-order valence-corrected chi connectivity index (χ0v) is 19.0. The number of halogens is 2. The van der Waals surface area contributed by atoms with Gasteiger partial charge in [0.05, 0.1) is 19.8 Å². The summed E-state index contributed by atoms with van der Waals surface area (Å²) in [6.45, 7) is 1.84. The van der Waals surface area contributed by atoms with Crippen LogP contribution in [0.25, 0.3) is 0 Å². The number of carbonyl (C=O) groups excluding carboxylic acids is 2. The van der Waals surface area contributed by atoms with Crippen LogP contribution in [-0.2, 0) is 18.1 Å². The summed E-state index contributed by atoms with van der Waals surface area (Å²) >= 11 is 10.8. The fourth-order valence-electron chi connectivity index (χ4n) is 2.25. The van der Waals surface area contributed by atoms with Crippen LogP contribution >= 0.6 is 31.0 Å². The molecular formula is C20H21Cl2O8P. The molecule has 2 aromatic rings. The van der Waals surface area contributed by atoms with Gasteiger partial charge in [-0.1, -0.05) is 0 Å². The van der Waals surface area contributed by atoms with Crippen LogP contribution in [-0.4, -0.2) is 43.5 Å². The van der Waals surface area contributed by atoms with Crippen LogP contribution in [0.15, 0.2) is 48.5 Å². The lowest BCUT2D eigenvalue weighted by atomic mass is 10.2. The van der Waals surface area contributed by atoms with Gasteiger partial charge in [-0.25, -0.2) is 4.57 Å². The number of rotatable bonds is 14. The lowest BCUT2D eigenvalue weighted by molar-refractivity contribution is 0.0922. The highest BCUT2D eigenvalue weighted by atomic mass is 35.5. The van der Waals surface area contributed by atoms with Gasteiger partial charge in [0.15, 0.2) is 0 Å². The maximum Gasteiger partial charge on any atom is 0.475 e. The molecule has 2 aromatic carbocycles. The highest BCUT2D eigenvalue weighted by Crippen LogP contribution is 2.49. The summed E-state index contributed by atoms with van der Waals surface area (Å²) in [7, 11) is -3.79. The molecule has 0 saturated heterocycles. The Balaban J connectivity index is 1.73. The molecule has 0 spiro atoms. The van der Waals surface area contributed by atoms with Crippen molar-refractivity contribution in [1.29, 1.82) is 0 Å². The average Bonchev–Trinajstić information content (AvgIpc) is 2.75. The van der Waals surface area contributed by atoms with E-state index in [1.54, 1.807) is 31.2 Å². The summed E-state index contributed by atoms with van der Waals surface area (Å²) in [4.78, 5) is 22.1. The number of carbonyl (C=O) groups is 2. The lowest BCUT2D eigenvalue weighted by Crippen LogP contribution is -2.11. The molecule has 0 fully saturated rings. The normalized spacial score (nSPS) is 11.2. The van der Waals surface area contributed by atoms with Crippen molar-refractivity contribution < 1.29 is 37.2 Å². The number of hydrogen-bond donors (Lipinski definition) is 0. The Morgan fingerprint density at radius 3 is 1.42 bits per heavy atom. The van der Waals surface area contributed by atoms with E-state index in [9.17, 15) is 14.2 Å². The second kappa shape index (κ2) is 12.8. The molecule has 31 heavy (non-hydrogen) atoms. The standard InChI is InChI=1S/C20H21Cl2O8P/c1-2-28-31(25,29-13-11-26-17-7-3-15(4-8-17)19(21)23)30-14-12-27-18-9-5-16(6-10-18)20(22)24/h3-10H,2,11-14H2,1H3. The minimum Gasteiger partial charge on any atom is -0.491 e. The maximum atomic E-state index is 12.6. The first-order chi connectivity index (χ1) is 14.8. The largest absolute Gasteiger partial charge is 0.491 e. The van der Waals surface area contributed by atoms with Crippen molar-refractivity contribution >= 4 is 41.5 Å². The van der Waals surface area contributed by atoms with Crippen molar-refractivity contribution in [3.63, 3.8) is 0 Å². The predicted octanol–water partition coefficient (Wildman–Crippen LogP) is 5.08. The maximum absolute atomic E-state index is 12.6. The molecule has 0 aliphatic carbocycles. The molecule has 0 aliphatic heterocycles. The van der Waals surface area contributed by atoms with Gasteiger partial charge < -0.3 is 9.47 Å². The molecule has 168 valence electrons. The monoisotopic (exact) mass is 490 g/mol. The molecule has 0 heterocycles. The van der Waals surface area contributed by atoms with Crippen molar-refractivity contribution in [2.45, 2.75) is 6.92 Å². The number of benzene rings is 2. The average molecular weight is 491 g/mol. The number of hydrogen-bond acceptors (Lipinski definition) is 8. The van der Waals surface area contributed by atoms with Gasteiger partial charge >= 0.3 is 7.82 Å². The van der Waals surface area contributed by atoms with Crippen LogP contribution in [0.4, 0.5) is 0 Å². The molecule has 2 rings (SSSR count). The Kier molecular flexibility index (Phi) is 10.5. The van der Waals surface area contributed by atoms with Gasteiger partial charge in [0.2, 0.25) is 0 Å². The minimum atomic E-state index is -3.79. The predicted molar refractivity (Wildman–Crippen MR) is 115 cm³/mol. The summed E-state index contributed by atoms with van der Waals surface area (Å²) in [6, 6.07) is 12.5. The highest BCUT2D eigenvalue weighted by Gasteiger charge is 2.26. The molecule has 0 saturated carbocycles. The third kappa shape index (κ3) is 8.99. The Labute approximate surface area is 189 Å². The Hall–Kier alpha value is -1.93. The summed E-state index contributed by atoms with van der Waals surface area (Å²) in [5, 5.41) is -1.12. The Morgan fingerprint density at radius 1 is 0.710 bits per heavy atom. The number of phosphoric ester groups is 1. The van der Waals surface area contributed by atoms with Gasteiger partial charge in [-0.05, 0) is 78.7 Å². The van der Waals surface area contributed by atoms with Crippen LogP contribution in [0.5, 0.6) is 11.5 Å². The van der Waals surface area contributed by atoms with Crippen LogP contribution < -0.4 is 9.47 Å². The van der Waals surface area contributed by atoms with E-state index in [4.69, 9.17) is 46.2 Å². The van der Waals surface area contributed by atoms with E-state index in [0.29, 0.717) is 22.6 Å². The van der Waals surface area contributed by atoms with Gasteiger partial charge in [0.1, 0.15) is 24.7 Å². The molecule has 8 nitrogen and oxygen atoms in total. The first-order valence-electron chi connectivity index (χ1n) is 9.22. The van der Waals surface area contributed by atoms with E-state index in [1.165, 1.54) is 24.3 Å².